The third kappa shape index (κ3) is 3.89. The van der Waals surface area contributed by atoms with Gasteiger partial charge < -0.3 is 0 Å². The number of hydrogen-bond donors (Lipinski definition) is 0. The summed E-state index contributed by atoms with van der Waals surface area (Å²) in [6.45, 7) is 0. The van der Waals surface area contributed by atoms with Gasteiger partial charge in [0, 0.05) is 11.1 Å². The molecule has 0 heterocycles. The van der Waals surface area contributed by atoms with Crippen LogP contribution in [0.5, 0.6) is 0 Å². The fraction of sp³-hybridized carbons (Fsp3) is 0. The molecular weight excluding hydrogens is 248 g/mol. The van der Waals surface area contributed by atoms with E-state index in [1.54, 1.807) is 36.4 Å². The Morgan fingerprint density at radius 3 is 1.30 bits per heavy atom. The van der Waals surface area contributed by atoms with Gasteiger partial charge in [-0.1, -0.05) is 72.8 Å². The van der Waals surface area contributed by atoms with E-state index in [9.17, 15) is 9.59 Å². The molecule has 2 aromatic carbocycles. The summed E-state index contributed by atoms with van der Waals surface area (Å²) in [6, 6.07) is 18.0. The number of carbonyl (C=O) groups excluding carboxylic acids is 2. The van der Waals surface area contributed by atoms with Crippen LogP contribution in [0.2, 0.25) is 0 Å². The van der Waals surface area contributed by atoms with Crippen molar-refractivity contribution in [1.29, 1.82) is 0 Å². The maximum atomic E-state index is 11.8. The van der Waals surface area contributed by atoms with E-state index >= 15 is 0 Å². The number of benzene rings is 2. The number of carbonyl (C=O) groups is 2. The minimum atomic E-state index is -0.0811. The molecule has 0 atom stereocenters. The summed E-state index contributed by atoms with van der Waals surface area (Å²) in [5.41, 5.74) is 1.26. The second kappa shape index (κ2) is 7.00. The van der Waals surface area contributed by atoms with Crippen molar-refractivity contribution in [2.75, 3.05) is 0 Å². The van der Waals surface area contributed by atoms with Crippen molar-refractivity contribution in [2.24, 2.45) is 0 Å². The average Bonchev–Trinajstić information content (AvgIpc) is 2.53. The van der Waals surface area contributed by atoms with Crippen molar-refractivity contribution >= 4 is 11.6 Å². The number of ketones is 2. The molecule has 0 unspecified atom stereocenters. The van der Waals surface area contributed by atoms with Crippen LogP contribution in [-0.2, 0) is 0 Å². The van der Waals surface area contributed by atoms with Crippen molar-refractivity contribution in [1.82, 2.24) is 0 Å². The first kappa shape index (κ1) is 13.7. The quantitative estimate of drug-likeness (QED) is 0.466. The summed E-state index contributed by atoms with van der Waals surface area (Å²) in [4.78, 5) is 23.5. The predicted molar refractivity (Wildman–Crippen MR) is 79.8 cm³/mol. The van der Waals surface area contributed by atoms with Crippen LogP contribution in [0.3, 0.4) is 0 Å². The van der Waals surface area contributed by atoms with Gasteiger partial charge >= 0.3 is 0 Å². The molecule has 0 N–H and O–H groups in total. The summed E-state index contributed by atoms with van der Waals surface area (Å²) in [7, 11) is 0. The van der Waals surface area contributed by atoms with E-state index < -0.39 is 0 Å². The lowest BCUT2D eigenvalue weighted by atomic mass is 10.1. The monoisotopic (exact) mass is 262 g/mol. The summed E-state index contributed by atoms with van der Waals surface area (Å²) >= 11 is 0. The van der Waals surface area contributed by atoms with Crippen LogP contribution in [0.1, 0.15) is 20.7 Å². The van der Waals surface area contributed by atoms with Crippen molar-refractivity contribution in [3.63, 3.8) is 0 Å². The minimum absolute atomic E-state index is 0.0811. The summed E-state index contributed by atoms with van der Waals surface area (Å²) < 4.78 is 0. The molecular formula is C18H14O2. The second-order valence-corrected chi connectivity index (χ2v) is 4.18. The van der Waals surface area contributed by atoms with Crippen LogP contribution in [0.25, 0.3) is 0 Å². The highest BCUT2D eigenvalue weighted by molar-refractivity contribution is 6.06. The Balaban J connectivity index is 1.95. The van der Waals surface area contributed by atoms with E-state index in [0.29, 0.717) is 11.1 Å². The van der Waals surface area contributed by atoms with Crippen LogP contribution >= 0.6 is 0 Å². The summed E-state index contributed by atoms with van der Waals surface area (Å²) in [5, 5.41) is 0. The molecule has 0 saturated heterocycles. The maximum absolute atomic E-state index is 11.8. The third-order valence-corrected chi connectivity index (χ3v) is 2.72. The van der Waals surface area contributed by atoms with Gasteiger partial charge in [0.05, 0.1) is 0 Å². The first-order chi connectivity index (χ1) is 9.77. The predicted octanol–water partition coefficient (Wildman–Crippen LogP) is 3.86. The minimum Gasteiger partial charge on any atom is -0.289 e. The van der Waals surface area contributed by atoms with Crippen LogP contribution < -0.4 is 0 Å². The van der Waals surface area contributed by atoms with E-state index in [-0.39, 0.29) is 11.6 Å². The van der Waals surface area contributed by atoms with Gasteiger partial charge in [-0.2, -0.15) is 0 Å². The van der Waals surface area contributed by atoms with E-state index in [1.165, 1.54) is 12.2 Å². The van der Waals surface area contributed by atoms with Crippen LogP contribution in [0.15, 0.2) is 85.0 Å². The van der Waals surface area contributed by atoms with Crippen LogP contribution in [-0.4, -0.2) is 11.6 Å². The number of allylic oxidation sites excluding steroid dienone is 4. The molecule has 0 amide bonds. The lowest BCUT2D eigenvalue weighted by Crippen LogP contribution is -1.93. The summed E-state index contributed by atoms with van der Waals surface area (Å²) in [6.07, 6.45) is 6.06. The Morgan fingerprint density at radius 1 is 0.600 bits per heavy atom. The number of rotatable bonds is 5. The highest BCUT2D eigenvalue weighted by Crippen LogP contribution is 2.02. The Labute approximate surface area is 118 Å². The molecule has 20 heavy (non-hydrogen) atoms. The fourth-order valence-electron chi connectivity index (χ4n) is 1.68. The first-order valence-electron chi connectivity index (χ1n) is 6.31. The highest BCUT2D eigenvalue weighted by Gasteiger charge is 1.99. The topological polar surface area (TPSA) is 34.1 Å². The smallest absolute Gasteiger partial charge is 0.185 e. The van der Waals surface area contributed by atoms with Gasteiger partial charge in [0.25, 0.3) is 0 Å². The average molecular weight is 262 g/mol. The van der Waals surface area contributed by atoms with E-state index in [1.807, 2.05) is 36.4 Å². The largest absolute Gasteiger partial charge is 0.289 e. The summed E-state index contributed by atoms with van der Waals surface area (Å²) in [5.74, 6) is -0.162. The zero-order chi connectivity index (χ0) is 14.2. The molecule has 0 saturated carbocycles. The normalized spacial score (nSPS) is 11.0. The molecule has 0 radical (unpaired) electrons. The highest BCUT2D eigenvalue weighted by atomic mass is 16.1. The molecule has 0 fully saturated rings. The standard InChI is InChI=1S/C18H14O2/c19-17(15-9-3-1-4-10-15)13-7-8-14-18(20)16-11-5-2-6-12-16/h1-14H. The Hall–Kier alpha value is -2.74. The van der Waals surface area contributed by atoms with Crippen molar-refractivity contribution in [2.45, 2.75) is 0 Å². The number of hydrogen-bond acceptors (Lipinski definition) is 2. The lowest BCUT2D eigenvalue weighted by Gasteiger charge is -1.93. The molecule has 2 heteroatoms. The molecule has 0 spiro atoms. The fourth-order valence-corrected chi connectivity index (χ4v) is 1.68. The third-order valence-electron chi connectivity index (χ3n) is 2.72. The maximum Gasteiger partial charge on any atom is 0.185 e. The zero-order valence-corrected chi connectivity index (χ0v) is 10.9. The SMILES string of the molecule is O=C(C=CC=CC(=O)c1ccccc1)c1ccccc1. The van der Waals surface area contributed by atoms with Gasteiger partial charge in [0.1, 0.15) is 0 Å². The molecule has 0 aliphatic heterocycles. The molecule has 2 nitrogen and oxygen atoms in total. The Bertz CT molecular complexity index is 578. The van der Waals surface area contributed by atoms with E-state index in [2.05, 4.69) is 0 Å². The van der Waals surface area contributed by atoms with Crippen LogP contribution in [0, 0.1) is 0 Å². The molecule has 0 bridgehead atoms. The van der Waals surface area contributed by atoms with Gasteiger partial charge in [-0.3, -0.25) is 9.59 Å². The van der Waals surface area contributed by atoms with Gasteiger partial charge in [-0.25, -0.2) is 0 Å². The van der Waals surface area contributed by atoms with Gasteiger partial charge in [0.15, 0.2) is 11.6 Å². The van der Waals surface area contributed by atoms with Gasteiger partial charge in [-0.05, 0) is 12.2 Å². The molecule has 0 aliphatic rings. The van der Waals surface area contributed by atoms with E-state index in [4.69, 9.17) is 0 Å². The molecule has 2 rings (SSSR count). The molecule has 0 aliphatic carbocycles. The zero-order valence-electron chi connectivity index (χ0n) is 10.9. The van der Waals surface area contributed by atoms with Crippen molar-refractivity contribution in [3.05, 3.63) is 96.1 Å². The van der Waals surface area contributed by atoms with E-state index in [0.717, 1.165) is 0 Å². The molecule has 2 aromatic rings. The van der Waals surface area contributed by atoms with Gasteiger partial charge in [-0.15, -0.1) is 0 Å². The van der Waals surface area contributed by atoms with Crippen LogP contribution in [0.4, 0.5) is 0 Å². The van der Waals surface area contributed by atoms with Gasteiger partial charge in [0.2, 0.25) is 0 Å². The lowest BCUT2D eigenvalue weighted by molar-refractivity contribution is 0.103. The molecule has 0 aromatic heterocycles. The Kier molecular flexibility index (Phi) is 4.79. The second-order valence-electron chi connectivity index (χ2n) is 4.18. The van der Waals surface area contributed by atoms with Crippen molar-refractivity contribution < 1.29 is 9.59 Å². The van der Waals surface area contributed by atoms with Crippen molar-refractivity contribution in [3.8, 4) is 0 Å². The Morgan fingerprint density at radius 2 is 0.950 bits per heavy atom. The molecule has 98 valence electrons. The first-order valence-corrected chi connectivity index (χ1v) is 6.31.